The SMILES string of the molecule is N#Cc1cc(Sc2cnccn2)ccc1[N+](=O)[O-]. The van der Waals surface area contributed by atoms with Crippen molar-refractivity contribution in [3.63, 3.8) is 0 Å². The Bertz CT molecular complexity index is 625. The molecule has 1 heterocycles. The lowest BCUT2D eigenvalue weighted by atomic mass is 10.2. The van der Waals surface area contributed by atoms with Crippen LogP contribution in [0.15, 0.2) is 46.7 Å². The molecular weight excluding hydrogens is 252 g/mol. The Morgan fingerprint density at radius 3 is 2.83 bits per heavy atom. The number of nitro benzene ring substituents is 1. The summed E-state index contributed by atoms with van der Waals surface area (Å²) in [6.45, 7) is 0. The molecule has 0 radical (unpaired) electrons. The van der Waals surface area contributed by atoms with Gasteiger partial charge in [-0.2, -0.15) is 5.26 Å². The van der Waals surface area contributed by atoms with Crippen molar-refractivity contribution in [2.45, 2.75) is 9.92 Å². The summed E-state index contributed by atoms with van der Waals surface area (Å²) >= 11 is 1.29. The predicted octanol–water partition coefficient (Wildman–Crippen LogP) is 2.41. The molecule has 7 heteroatoms. The molecule has 0 amide bonds. The van der Waals surface area contributed by atoms with Crippen molar-refractivity contribution in [1.82, 2.24) is 9.97 Å². The third kappa shape index (κ3) is 2.61. The monoisotopic (exact) mass is 258 g/mol. The second kappa shape index (κ2) is 5.25. The van der Waals surface area contributed by atoms with Gasteiger partial charge in [-0.05, 0) is 12.1 Å². The lowest BCUT2D eigenvalue weighted by Crippen LogP contribution is -1.92. The second-order valence-electron chi connectivity index (χ2n) is 3.19. The summed E-state index contributed by atoms with van der Waals surface area (Å²) in [5.74, 6) is 0. The average molecular weight is 258 g/mol. The van der Waals surface area contributed by atoms with Gasteiger partial charge in [0.2, 0.25) is 0 Å². The summed E-state index contributed by atoms with van der Waals surface area (Å²) in [5.41, 5.74) is -0.158. The Balaban J connectivity index is 2.32. The van der Waals surface area contributed by atoms with Crippen molar-refractivity contribution < 1.29 is 4.92 Å². The van der Waals surface area contributed by atoms with E-state index in [0.717, 1.165) is 0 Å². The Morgan fingerprint density at radius 1 is 1.39 bits per heavy atom. The van der Waals surface area contributed by atoms with Crippen molar-refractivity contribution >= 4 is 17.4 Å². The van der Waals surface area contributed by atoms with Gasteiger partial charge in [-0.25, -0.2) is 4.98 Å². The molecule has 0 fully saturated rings. The van der Waals surface area contributed by atoms with Gasteiger partial charge in [0.25, 0.3) is 5.69 Å². The molecule has 2 aromatic rings. The van der Waals surface area contributed by atoms with E-state index in [2.05, 4.69) is 9.97 Å². The number of hydrogen-bond acceptors (Lipinski definition) is 6. The maximum Gasteiger partial charge on any atom is 0.287 e. The van der Waals surface area contributed by atoms with Crippen molar-refractivity contribution in [1.29, 1.82) is 5.26 Å². The summed E-state index contributed by atoms with van der Waals surface area (Å²) < 4.78 is 0. The largest absolute Gasteiger partial charge is 0.287 e. The molecule has 0 spiro atoms. The van der Waals surface area contributed by atoms with Crippen molar-refractivity contribution in [3.8, 4) is 6.07 Å². The van der Waals surface area contributed by atoms with E-state index in [1.807, 2.05) is 6.07 Å². The Kier molecular flexibility index (Phi) is 3.50. The molecule has 0 aliphatic heterocycles. The molecule has 2 rings (SSSR count). The zero-order chi connectivity index (χ0) is 13.0. The van der Waals surface area contributed by atoms with Gasteiger partial charge < -0.3 is 0 Å². The summed E-state index contributed by atoms with van der Waals surface area (Å²) in [6.07, 6.45) is 4.69. The van der Waals surface area contributed by atoms with Crippen LogP contribution in [0.3, 0.4) is 0 Å². The van der Waals surface area contributed by atoms with Crippen molar-refractivity contribution in [2.24, 2.45) is 0 Å². The van der Waals surface area contributed by atoms with Crippen LogP contribution in [-0.4, -0.2) is 14.9 Å². The normalized spacial score (nSPS) is 9.72. The topological polar surface area (TPSA) is 92.7 Å². The molecule has 1 aromatic carbocycles. The lowest BCUT2D eigenvalue weighted by molar-refractivity contribution is -0.385. The molecule has 88 valence electrons. The third-order valence-corrected chi connectivity index (χ3v) is 2.96. The molecule has 0 saturated heterocycles. The van der Waals surface area contributed by atoms with E-state index in [1.54, 1.807) is 24.7 Å². The van der Waals surface area contributed by atoms with Crippen LogP contribution < -0.4 is 0 Å². The molecule has 0 aliphatic rings. The lowest BCUT2D eigenvalue weighted by Gasteiger charge is -2.01. The molecule has 0 aliphatic carbocycles. The highest BCUT2D eigenvalue weighted by molar-refractivity contribution is 7.99. The van der Waals surface area contributed by atoms with E-state index in [-0.39, 0.29) is 11.3 Å². The van der Waals surface area contributed by atoms with Crippen LogP contribution in [0.5, 0.6) is 0 Å². The summed E-state index contributed by atoms with van der Waals surface area (Å²) in [7, 11) is 0. The van der Waals surface area contributed by atoms with Gasteiger partial charge in [0, 0.05) is 23.4 Å². The fraction of sp³-hybridized carbons (Fsp3) is 0. The van der Waals surface area contributed by atoms with Gasteiger partial charge in [0.1, 0.15) is 16.7 Å². The van der Waals surface area contributed by atoms with Crippen molar-refractivity contribution in [2.75, 3.05) is 0 Å². The predicted molar refractivity (Wildman–Crippen MR) is 64.0 cm³/mol. The summed E-state index contributed by atoms with van der Waals surface area (Å²) in [4.78, 5) is 18.8. The van der Waals surface area contributed by atoms with Crippen LogP contribution in [0.1, 0.15) is 5.56 Å². The van der Waals surface area contributed by atoms with Crippen LogP contribution in [0.4, 0.5) is 5.69 Å². The molecule has 6 nitrogen and oxygen atoms in total. The zero-order valence-corrected chi connectivity index (χ0v) is 9.79. The molecule has 18 heavy (non-hydrogen) atoms. The molecule has 0 atom stereocenters. The van der Waals surface area contributed by atoms with Crippen LogP contribution in [0, 0.1) is 21.4 Å². The van der Waals surface area contributed by atoms with Gasteiger partial charge >= 0.3 is 0 Å². The smallest absolute Gasteiger partial charge is 0.260 e. The first-order valence-corrected chi connectivity index (χ1v) is 5.65. The fourth-order valence-corrected chi connectivity index (χ4v) is 2.07. The minimum atomic E-state index is -0.574. The van der Waals surface area contributed by atoms with Crippen LogP contribution in [0.2, 0.25) is 0 Å². The number of hydrogen-bond donors (Lipinski definition) is 0. The highest BCUT2D eigenvalue weighted by Gasteiger charge is 2.14. The zero-order valence-electron chi connectivity index (χ0n) is 8.98. The maximum atomic E-state index is 10.7. The Labute approximate surface area is 106 Å². The molecule has 0 N–H and O–H groups in total. The highest BCUT2D eigenvalue weighted by atomic mass is 32.2. The molecular formula is C11H6N4O2S. The first-order chi connectivity index (χ1) is 8.70. The van der Waals surface area contributed by atoms with E-state index in [4.69, 9.17) is 5.26 Å². The highest BCUT2D eigenvalue weighted by Crippen LogP contribution is 2.29. The van der Waals surface area contributed by atoms with Gasteiger partial charge in [-0.15, -0.1) is 0 Å². The average Bonchev–Trinajstić information content (AvgIpc) is 2.39. The van der Waals surface area contributed by atoms with E-state index in [9.17, 15) is 10.1 Å². The standard InChI is InChI=1S/C11H6N4O2S/c12-6-8-5-9(1-2-10(8)15(16)17)18-11-7-13-3-4-14-11/h1-5,7H. The first kappa shape index (κ1) is 12.0. The van der Waals surface area contributed by atoms with E-state index in [1.165, 1.54) is 23.9 Å². The van der Waals surface area contributed by atoms with E-state index < -0.39 is 4.92 Å². The van der Waals surface area contributed by atoms with Crippen LogP contribution in [0.25, 0.3) is 0 Å². The second-order valence-corrected chi connectivity index (χ2v) is 4.29. The first-order valence-electron chi connectivity index (χ1n) is 4.83. The molecule has 0 unspecified atom stereocenters. The molecule has 1 aromatic heterocycles. The summed E-state index contributed by atoms with van der Waals surface area (Å²) in [6, 6.07) is 6.18. The van der Waals surface area contributed by atoms with Gasteiger partial charge in [0.15, 0.2) is 0 Å². The quantitative estimate of drug-likeness (QED) is 0.620. The number of nitro groups is 1. The number of aromatic nitrogens is 2. The Morgan fingerprint density at radius 2 is 2.22 bits per heavy atom. The molecule has 0 bridgehead atoms. The summed E-state index contributed by atoms with van der Waals surface area (Å²) in [5, 5.41) is 20.2. The van der Waals surface area contributed by atoms with Crippen LogP contribution >= 0.6 is 11.8 Å². The molecule has 0 saturated carbocycles. The number of benzene rings is 1. The van der Waals surface area contributed by atoms with Crippen LogP contribution in [-0.2, 0) is 0 Å². The maximum absolute atomic E-state index is 10.7. The number of nitriles is 1. The number of nitrogens with zero attached hydrogens (tertiary/aromatic N) is 4. The minimum absolute atomic E-state index is 0.0360. The van der Waals surface area contributed by atoms with Gasteiger partial charge in [0.05, 0.1) is 11.1 Å². The third-order valence-electron chi connectivity index (χ3n) is 2.05. The minimum Gasteiger partial charge on any atom is -0.260 e. The number of rotatable bonds is 3. The fourth-order valence-electron chi connectivity index (χ4n) is 1.29. The van der Waals surface area contributed by atoms with E-state index in [0.29, 0.717) is 9.92 Å². The van der Waals surface area contributed by atoms with Gasteiger partial charge in [-0.3, -0.25) is 15.1 Å². The Hall–Kier alpha value is -2.46. The van der Waals surface area contributed by atoms with E-state index >= 15 is 0 Å². The van der Waals surface area contributed by atoms with Crippen molar-refractivity contribution in [3.05, 3.63) is 52.5 Å². The van der Waals surface area contributed by atoms with Gasteiger partial charge in [-0.1, -0.05) is 11.8 Å².